The highest BCUT2D eigenvalue weighted by molar-refractivity contribution is 5.45. The SMILES string of the molecule is COCO[C@H]1CCC2C3CCc4cc(C)c(O)cc4C3CC[C@@]21C. The summed E-state index contributed by atoms with van der Waals surface area (Å²) in [6.45, 7) is 4.87. The molecule has 0 aromatic heterocycles. The molecule has 0 heterocycles. The molecule has 3 heteroatoms. The lowest BCUT2D eigenvalue weighted by molar-refractivity contribution is -0.125. The van der Waals surface area contributed by atoms with Crippen molar-refractivity contribution < 1.29 is 14.6 Å². The van der Waals surface area contributed by atoms with Gasteiger partial charge in [-0.3, -0.25) is 0 Å². The van der Waals surface area contributed by atoms with E-state index in [2.05, 4.69) is 19.1 Å². The highest BCUT2D eigenvalue weighted by atomic mass is 16.7. The molecule has 24 heavy (non-hydrogen) atoms. The number of hydrogen-bond donors (Lipinski definition) is 1. The van der Waals surface area contributed by atoms with Crippen LogP contribution in [0.25, 0.3) is 0 Å². The zero-order valence-corrected chi connectivity index (χ0v) is 15.2. The number of fused-ring (bicyclic) bond motifs is 5. The molecule has 1 N–H and O–H groups in total. The fourth-order valence-electron chi connectivity index (χ4n) is 6.11. The quantitative estimate of drug-likeness (QED) is 0.827. The molecule has 5 atom stereocenters. The predicted molar refractivity (Wildman–Crippen MR) is 94.2 cm³/mol. The van der Waals surface area contributed by atoms with Gasteiger partial charge in [0.25, 0.3) is 0 Å². The Kier molecular flexibility index (Phi) is 4.12. The van der Waals surface area contributed by atoms with Gasteiger partial charge in [-0.25, -0.2) is 0 Å². The lowest BCUT2D eigenvalue weighted by Gasteiger charge is -2.50. The van der Waals surface area contributed by atoms with Crippen molar-refractivity contribution >= 4 is 0 Å². The van der Waals surface area contributed by atoms with Crippen molar-refractivity contribution in [3.05, 3.63) is 28.8 Å². The molecule has 4 rings (SSSR count). The van der Waals surface area contributed by atoms with Crippen LogP contribution < -0.4 is 0 Å². The smallest absolute Gasteiger partial charge is 0.146 e. The van der Waals surface area contributed by atoms with Crippen LogP contribution in [0.15, 0.2) is 12.1 Å². The van der Waals surface area contributed by atoms with Crippen LogP contribution in [0.1, 0.15) is 61.6 Å². The third-order valence-corrected chi connectivity index (χ3v) is 7.34. The highest BCUT2D eigenvalue weighted by Crippen LogP contribution is 2.61. The van der Waals surface area contributed by atoms with E-state index < -0.39 is 0 Å². The van der Waals surface area contributed by atoms with Crippen molar-refractivity contribution in [2.24, 2.45) is 17.3 Å². The van der Waals surface area contributed by atoms with Crippen LogP contribution in [0, 0.1) is 24.2 Å². The van der Waals surface area contributed by atoms with Crippen LogP contribution in [0.4, 0.5) is 0 Å². The van der Waals surface area contributed by atoms with Gasteiger partial charge >= 0.3 is 0 Å². The summed E-state index contributed by atoms with van der Waals surface area (Å²) in [6.07, 6.45) is 7.68. The van der Waals surface area contributed by atoms with E-state index in [0.29, 0.717) is 30.0 Å². The van der Waals surface area contributed by atoms with Crippen LogP contribution in [0.2, 0.25) is 0 Å². The van der Waals surface area contributed by atoms with Crippen molar-refractivity contribution in [1.29, 1.82) is 0 Å². The Balaban J connectivity index is 1.62. The normalized spacial score (nSPS) is 37.6. The average molecular weight is 330 g/mol. The molecule has 3 unspecified atom stereocenters. The van der Waals surface area contributed by atoms with Crippen LogP contribution in [-0.2, 0) is 15.9 Å². The van der Waals surface area contributed by atoms with E-state index in [0.717, 1.165) is 23.8 Å². The zero-order valence-electron chi connectivity index (χ0n) is 15.2. The second kappa shape index (κ2) is 6.03. The Hall–Kier alpha value is -1.06. The molecule has 3 aliphatic rings. The van der Waals surface area contributed by atoms with Gasteiger partial charge in [0.2, 0.25) is 0 Å². The van der Waals surface area contributed by atoms with E-state index in [1.165, 1.54) is 43.2 Å². The number of benzene rings is 1. The summed E-state index contributed by atoms with van der Waals surface area (Å²) >= 11 is 0. The maximum Gasteiger partial charge on any atom is 0.146 e. The van der Waals surface area contributed by atoms with Crippen LogP contribution in [0.5, 0.6) is 5.75 Å². The molecule has 2 fully saturated rings. The highest BCUT2D eigenvalue weighted by Gasteiger charge is 2.55. The number of phenols is 1. The minimum atomic E-state index is 0.296. The van der Waals surface area contributed by atoms with Gasteiger partial charge in [0.05, 0.1) is 6.10 Å². The standard InChI is InChI=1S/C21H30O3/c1-13-10-14-4-5-16-15(17(14)11-19(13)22)8-9-21(2)18(16)6-7-20(21)24-12-23-3/h10-11,15-16,18,20,22H,4-9,12H2,1-3H3/t15?,16?,18?,20-,21-/m0/s1. The van der Waals surface area contributed by atoms with Gasteiger partial charge in [-0.05, 0) is 91.4 Å². The summed E-state index contributed by atoms with van der Waals surface area (Å²) in [7, 11) is 1.71. The molecular formula is C21H30O3. The maximum absolute atomic E-state index is 10.2. The number of aromatic hydroxyl groups is 1. The Morgan fingerprint density at radius 1 is 1.21 bits per heavy atom. The average Bonchev–Trinajstić information content (AvgIpc) is 2.90. The molecule has 3 nitrogen and oxygen atoms in total. The molecule has 2 saturated carbocycles. The molecular weight excluding hydrogens is 300 g/mol. The summed E-state index contributed by atoms with van der Waals surface area (Å²) in [6, 6.07) is 4.28. The van der Waals surface area contributed by atoms with Gasteiger partial charge in [0.1, 0.15) is 12.5 Å². The molecule has 1 aromatic carbocycles. The zero-order chi connectivity index (χ0) is 16.9. The van der Waals surface area contributed by atoms with Crippen molar-refractivity contribution in [1.82, 2.24) is 0 Å². The molecule has 0 spiro atoms. The largest absolute Gasteiger partial charge is 0.508 e. The number of ether oxygens (including phenoxy) is 2. The van der Waals surface area contributed by atoms with Gasteiger partial charge in [0.15, 0.2) is 0 Å². The Labute approximate surface area is 145 Å². The van der Waals surface area contributed by atoms with Crippen molar-refractivity contribution in [3.63, 3.8) is 0 Å². The summed E-state index contributed by atoms with van der Waals surface area (Å²) in [5, 5.41) is 10.2. The number of methoxy groups -OCH3 is 1. The predicted octanol–water partition coefficient (Wildman–Crippen LogP) is 4.55. The Bertz CT molecular complexity index is 626. The molecule has 0 radical (unpaired) electrons. The Morgan fingerprint density at radius 3 is 2.83 bits per heavy atom. The van der Waals surface area contributed by atoms with Crippen LogP contribution >= 0.6 is 0 Å². The molecule has 0 amide bonds. The molecule has 1 aromatic rings. The number of aryl methyl sites for hydroxylation is 2. The van der Waals surface area contributed by atoms with Crippen molar-refractivity contribution in [2.75, 3.05) is 13.9 Å². The van der Waals surface area contributed by atoms with E-state index in [1.807, 2.05) is 6.92 Å². The van der Waals surface area contributed by atoms with Crippen molar-refractivity contribution in [2.45, 2.75) is 64.4 Å². The second-order valence-corrected chi connectivity index (χ2v) is 8.44. The van der Waals surface area contributed by atoms with Gasteiger partial charge in [-0.1, -0.05) is 13.0 Å². The molecule has 0 saturated heterocycles. The molecule has 132 valence electrons. The summed E-state index contributed by atoms with van der Waals surface area (Å²) in [4.78, 5) is 0. The first-order valence-electron chi connectivity index (χ1n) is 9.47. The lowest BCUT2D eigenvalue weighted by atomic mass is 9.55. The van der Waals surface area contributed by atoms with Crippen LogP contribution in [-0.4, -0.2) is 25.1 Å². The molecule has 0 bridgehead atoms. The van der Waals surface area contributed by atoms with Gasteiger partial charge in [-0.15, -0.1) is 0 Å². The fraction of sp³-hybridized carbons (Fsp3) is 0.714. The maximum atomic E-state index is 10.2. The minimum absolute atomic E-state index is 0.296. The lowest BCUT2D eigenvalue weighted by Crippen LogP contribution is -2.44. The first-order valence-corrected chi connectivity index (χ1v) is 9.47. The van der Waals surface area contributed by atoms with Gasteiger partial charge < -0.3 is 14.6 Å². The number of hydrogen-bond acceptors (Lipinski definition) is 3. The topological polar surface area (TPSA) is 38.7 Å². The van der Waals surface area contributed by atoms with Crippen molar-refractivity contribution in [3.8, 4) is 5.75 Å². The van der Waals surface area contributed by atoms with Gasteiger partial charge in [-0.2, -0.15) is 0 Å². The minimum Gasteiger partial charge on any atom is -0.508 e. The Morgan fingerprint density at radius 2 is 2.04 bits per heavy atom. The summed E-state index contributed by atoms with van der Waals surface area (Å²) in [5.41, 5.74) is 4.21. The first-order chi connectivity index (χ1) is 11.5. The summed E-state index contributed by atoms with van der Waals surface area (Å²) < 4.78 is 11.2. The molecule has 3 aliphatic carbocycles. The molecule has 0 aliphatic heterocycles. The van der Waals surface area contributed by atoms with E-state index in [1.54, 1.807) is 7.11 Å². The number of rotatable bonds is 3. The number of phenolic OH excluding ortho intramolecular Hbond substituents is 1. The second-order valence-electron chi connectivity index (χ2n) is 8.44. The third kappa shape index (κ3) is 2.40. The first kappa shape index (κ1) is 16.4. The third-order valence-electron chi connectivity index (χ3n) is 7.34. The fourth-order valence-corrected chi connectivity index (χ4v) is 6.11. The summed E-state index contributed by atoms with van der Waals surface area (Å²) in [5.74, 6) is 2.58. The van der Waals surface area contributed by atoms with Crippen LogP contribution in [0.3, 0.4) is 0 Å². The van der Waals surface area contributed by atoms with E-state index in [4.69, 9.17) is 9.47 Å². The monoisotopic (exact) mass is 330 g/mol. The van der Waals surface area contributed by atoms with Gasteiger partial charge in [0, 0.05) is 7.11 Å². The van der Waals surface area contributed by atoms with E-state index in [-0.39, 0.29) is 0 Å². The van der Waals surface area contributed by atoms with E-state index in [9.17, 15) is 5.11 Å². The van der Waals surface area contributed by atoms with E-state index >= 15 is 0 Å².